The lowest BCUT2D eigenvalue weighted by molar-refractivity contribution is -0.135. The van der Waals surface area contributed by atoms with Crippen molar-refractivity contribution in [2.45, 2.75) is 84.0 Å². The average Bonchev–Trinajstić information content (AvgIpc) is 2.74. The van der Waals surface area contributed by atoms with E-state index in [0.717, 1.165) is 41.9 Å². The summed E-state index contributed by atoms with van der Waals surface area (Å²) in [6.07, 6.45) is 4.68. The van der Waals surface area contributed by atoms with Gasteiger partial charge in [0.05, 0.1) is 42.5 Å². The summed E-state index contributed by atoms with van der Waals surface area (Å²) in [6, 6.07) is 2.59. The van der Waals surface area contributed by atoms with Crippen molar-refractivity contribution >= 4 is 11.7 Å². The number of carbonyl (C=O) groups is 1. The molecule has 2 aliphatic heterocycles. The minimum absolute atomic E-state index is 0.0828. The van der Waals surface area contributed by atoms with Gasteiger partial charge in [-0.25, -0.2) is 4.98 Å². The molecule has 7 heteroatoms. The SMILES string of the molecule is COCCC(=O)N1CCN(c2nc(C3CCC3)c3c(c2C#N)CC(C)(C)OC3)C[C@H]1C(C)C. The molecule has 4 rings (SSSR count). The highest BCUT2D eigenvalue weighted by Crippen LogP contribution is 2.43. The third kappa shape index (κ3) is 4.74. The van der Waals surface area contributed by atoms with Gasteiger partial charge in [-0.05, 0) is 38.2 Å². The predicted octanol–water partition coefficient (Wildman–Crippen LogP) is 3.78. The zero-order chi connectivity index (χ0) is 23.8. The Kier molecular flexibility index (Phi) is 6.97. The Bertz CT molecular complexity index is 932. The molecule has 7 nitrogen and oxygen atoms in total. The molecule has 0 unspecified atom stereocenters. The van der Waals surface area contributed by atoms with Crippen molar-refractivity contribution in [1.82, 2.24) is 9.88 Å². The van der Waals surface area contributed by atoms with Crippen LogP contribution in [0, 0.1) is 17.2 Å². The molecule has 180 valence electrons. The van der Waals surface area contributed by atoms with Crippen molar-refractivity contribution in [2.75, 3.05) is 38.3 Å². The molecular formula is C26H38N4O3. The van der Waals surface area contributed by atoms with Crippen molar-refractivity contribution in [2.24, 2.45) is 5.92 Å². The molecule has 3 heterocycles. The lowest BCUT2D eigenvalue weighted by Crippen LogP contribution is -2.57. The van der Waals surface area contributed by atoms with E-state index < -0.39 is 0 Å². The van der Waals surface area contributed by atoms with Gasteiger partial charge in [0.2, 0.25) is 5.91 Å². The molecule has 0 radical (unpaired) electrons. The predicted molar refractivity (Wildman–Crippen MR) is 127 cm³/mol. The van der Waals surface area contributed by atoms with Crippen LogP contribution in [0.1, 0.15) is 81.7 Å². The van der Waals surface area contributed by atoms with Gasteiger partial charge in [0, 0.05) is 44.6 Å². The second kappa shape index (κ2) is 9.60. The number of hydrogen-bond acceptors (Lipinski definition) is 6. The number of anilines is 1. The van der Waals surface area contributed by atoms with E-state index in [0.29, 0.717) is 56.7 Å². The van der Waals surface area contributed by atoms with E-state index in [4.69, 9.17) is 14.5 Å². The van der Waals surface area contributed by atoms with Crippen LogP contribution in [0.5, 0.6) is 0 Å². The van der Waals surface area contributed by atoms with Crippen LogP contribution >= 0.6 is 0 Å². The maximum Gasteiger partial charge on any atom is 0.225 e. The number of carbonyl (C=O) groups excluding carboxylic acids is 1. The fraction of sp³-hybridized carbons (Fsp3) is 0.731. The summed E-state index contributed by atoms with van der Waals surface area (Å²) in [6.45, 7) is 11.5. The monoisotopic (exact) mass is 454 g/mol. The van der Waals surface area contributed by atoms with Gasteiger partial charge in [-0.2, -0.15) is 5.26 Å². The number of ether oxygens (including phenoxy) is 2. The van der Waals surface area contributed by atoms with Crippen LogP contribution in [-0.4, -0.2) is 60.8 Å². The summed E-state index contributed by atoms with van der Waals surface area (Å²) in [4.78, 5) is 22.3. The molecule has 2 fully saturated rings. The van der Waals surface area contributed by atoms with Crippen molar-refractivity contribution in [3.8, 4) is 6.07 Å². The minimum Gasteiger partial charge on any atom is -0.384 e. The van der Waals surface area contributed by atoms with Crippen molar-refractivity contribution in [1.29, 1.82) is 5.26 Å². The fourth-order valence-corrected chi connectivity index (χ4v) is 5.36. The highest BCUT2D eigenvalue weighted by Gasteiger charge is 2.38. The molecular weight excluding hydrogens is 416 g/mol. The number of pyridine rings is 1. The Morgan fingerprint density at radius 3 is 2.67 bits per heavy atom. The van der Waals surface area contributed by atoms with Gasteiger partial charge in [-0.15, -0.1) is 0 Å². The summed E-state index contributed by atoms with van der Waals surface area (Å²) >= 11 is 0. The number of aromatic nitrogens is 1. The van der Waals surface area contributed by atoms with E-state index in [2.05, 4.69) is 38.7 Å². The number of nitriles is 1. The average molecular weight is 455 g/mol. The first-order valence-electron chi connectivity index (χ1n) is 12.4. The molecule has 0 aromatic carbocycles. The summed E-state index contributed by atoms with van der Waals surface area (Å²) in [5, 5.41) is 10.3. The maximum absolute atomic E-state index is 12.8. The number of amides is 1. The second-order valence-electron chi connectivity index (χ2n) is 10.7. The van der Waals surface area contributed by atoms with E-state index in [-0.39, 0.29) is 17.6 Å². The number of hydrogen-bond donors (Lipinski definition) is 0. The number of nitrogens with zero attached hydrogens (tertiary/aromatic N) is 4. The van der Waals surface area contributed by atoms with Crippen LogP contribution in [0.15, 0.2) is 0 Å². The van der Waals surface area contributed by atoms with Gasteiger partial charge in [0.15, 0.2) is 0 Å². The summed E-state index contributed by atoms with van der Waals surface area (Å²) < 4.78 is 11.3. The van der Waals surface area contributed by atoms with Gasteiger partial charge < -0.3 is 19.3 Å². The lowest BCUT2D eigenvalue weighted by Gasteiger charge is -2.45. The Morgan fingerprint density at radius 2 is 2.06 bits per heavy atom. The molecule has 1 amide bonds. The van der Waals surface area contributed by atoms with Gasteiger partial charge in [0.25, 0.3) is 0 Å². The minimum atomic E-state index is -0.291. The number of fused-ring (bicyclic) bond motifs is 1. The molecule has 33 heavy (non-hydrogen) atoms. The van der Waals surface area contributed by atoms with Crippen molar-refractivity contribution < 1.29 is 14.3 Å². The highest BCUT2D eigenvalue weighted by molar-refractivity contribution is 5.77. The van der Waals surface area contributed by atoms with Crippen molar-refractivity contribution in [3.63, 3.8) is 0 Å². The number of methoxy groups -OCH3 is 1. The second-order valence-corrected chi connectivity index (χ2v) is 10.7. The molecule has 1 aliphatic carbocycles. The molecule has 0 bridgehead atoms. The number of piperazine rings is 1. The largest absolute Gasteiger partial charge is 0.384 e. The third-order valence-electron chi connectivity index (χ3n) is 7.57. The highest BCUT2D eigenvalue weighted by atomic mass is 16.5. The van der Waals surface area contributed by atoms with Gasteiger partial charge >= 0.3 is 0 Å². The first-order chi connectivity index (χ1) is 15.8. The molecule has 1 atom stereocenters. The Morgan fingerprint density at radius 1 is 1.30 bits per heavy atom. The van der Waals surface area contributed by atoms with Crippen LogP contribution in [-0.2, 0) is 27.3 Å². The smallest absolute Gasteiger partial charge is 0.225 e. The molecule has 1 aromatic rings. The molecule has 1 aromatic heterocycles. The van der Waals surface area contributed by atoms with Gasteiger partial charge in [-0.3, -0.25) is 4.79 Å². The molecule has 1 saturated carbocycles. The Labute approximate surface area is 198 Å². The fourth-order valence-electron chi connectivity index (χ4n) is 5.36. The van der Waals surface area contributed by atoms with Crippen LogP contribution in [0.2, 0.25) is 0 Å². The first-order valence-corrected chi connectivity index (χ1v) is 12.4. The Balaban J connectivity index is 1.70. The topological polar surface area (TPSA) is 78.7 Å². The maximum atomic E-state index is 12.8. The summed E-state index contributed by atoms with van der Waals surface area (Å²) in [7, 11) is 1.63. The van der Waals surface area contributed by atoms with Crippen LogP contribution in [0.25, 0.3) is 0 Å². The lowest BCUT2D eigenvalue weighted by atomic mass is 9.78. The third-order valence-corrected chi connectivity index (χ3v) is 7.57. The quantitative estimate of drug-likeness (QED) is 0.651. The van der Waals surface area contributed by atoms with E-state index in [9.17, 15) is 10.1 Å². The van der Waals surface area contributed by atoms with E-state index >= 15 is 0 Å². The number of rotatable bonds is 6. The molecule has 0 spiro atoms. The summed E-state index contributed by atoms with van der Waals surface area (Å²) in [5.74, 6) is 1.72. The Hall–Kier alpha value is -2.17. The van der Waals surface area contributed by atoms with E-state index in [1.165, 1.54) is 6.42 Å². The zero-order valence-corrected chi connectivity index (χ0v) is 20.8. The van der Waals surface area contributed by atoms with Gasteiger partial charge in [-0.1, -0.05) is 20.3 Å². The molecule has 0 N–H and O–H groups in total. The van der Waals surface area contributed by atoms with Crippen molar-refractivity contribution in [3.05, 3.63) is 22.4 Å². The van der Waals surface area contributed by atoms with Gasteiger partial charge in [0.1, 0.15) is 11.9 Å². The first kappa shape index (κ1) is 24.0. The van der Waals surface area contributed by atoms with Crippen LogP contribution < -0.4 is 4.90 Å². The van der Waals surface area contributed by atoms with Crippen LogP contribution in [0.4, 0.5) is 5.82 Å². The normalized spacial score (nSPS) is 22.6. The van der Waals surface area contributed by atoms with Crippen LogP contribution in [0.3, 0.4) is 0 Å². The van der Waals surface area contributed by atoms with E-state index in [1.54, 1.807) is 7.11 Å². The standard InChI is InChI=1S/C26H38N4O3/c1-17(2)22-15-29(10-11-30(22)23(31)9-12-32-5)25-20(14-27)19-13-26(3,4)33-16-21(19)24(28-25)18-7-6-8-18/h17-18,22H,6-13,15-16H2,1-5H3/t22-/m0/s1. The zero-order valence-electron chi connectivity index (χ0n) is 20.8. The molecule has 3 aliphatic rings. The van der Waals surface area contributed by atoms with E-state index in [1.807, 2.05) is 4.90 Å². The summed E-state index contributed by atoms with van der Waals surface area (Å²) in [5.41, 5.74) is 3.82. The molecule has 1 saturated heterocycles.